The molecule has 2 aromatic rings. The molecule has 1 saturated heterocycles. The lowest BCUT2D eigenvalue weighted by Gasteiger charge is -2.28. The molecule has 8 nitrogen and oxygen atoms in total. The summed E-state index contributed by atoms with van der Waals surface area (Å²) >= 11 is 0. The number of hydrogen-bond donors (Lipinski definition) is 2. The molecule has 2 aliphatic heterocycles. The number of hydrogen-bond acceptors (Lipinski definition) is 6. The van der Waals surface area contributed by atoms with Crippen LogP contribution in [0.3, 0.4) is 0 Å². The van der Waals surface area contributed by atoms with Crippen molar-refractivity contribution in [3.8, 4) is 17.6 Å². The first-order chi connectivity index (χ1) is 15.5. The van der Waals surface area contributed by atoms with E-state index in [0.717, 1.165) is 50.5 Å². The number of rotatable bonds is 6. The lowest BCUT2D eigenvalue weighted by atomic mass is 9.84. The number of fused-ring (bicyclic) bond motifs is 1. The van der Waals surface area contributed by atoms with Crippen LogP contribution in [0.5, 0.6) is 11.5 Å². The Labute approximate surface area is 187 Å². The second-order valence-corrected chi connectivity index (χ2v) is 8.18. The molecule has 0 aliphatic carbocycles. The second-order valence-electron chi connectivity index (χ2n) is 8.18. The molecule has 1 atom stereocenters. The number of quaternary nitrogens is 1. The van der Waals surface area contributed by atoms with Gasteiger partial charge in [-0.15, -0.1) is 0 Å². The number of morpholine rings is 1. The van der Waals surface area contributed by atoms with Crippen molar-refractivity contribution in [3.63, 3.8) is 0 Å². The number of methoxy groups -OCH3 is 1. The van der Waals surface area contributed by atoms with Crippen molar-refractivity contribution in [3.05, 3.63) is 69.0 Å². The maximum absolute atomic E-state index is 13.7. The summed E-state index contributed by atoms with van der Waals surface area (Å²) in [6, 6.07) is 11.3. The highest BCUT2D eigenvalue weighted by atomic mass is 16.5. The number of aromatic nitrogens is 1. The van der Waals surface area contributed by atoms with Crippen LogP contribution in [0, 0.1) is 18.3 Å². The van der Waals surface area contributed by atoms with E-state index in [1.807, 2.05) is 37.3 Å². The minimum absolute atomic E-state index is 0.0354. The highest BCUT2D eigenvalue weighted by Gasteiger charge is 2.34. The van der Waals surface area contributed by atoms with Gasteiger partial charge in [0.05, 0.1) is 38.3 Å². The van der Waals surface area contributed by atoms with E-state index in [1.165, 1.54) is 4.90 Å². The topological polar surface area (TPSA) is 104 Å². The highest BCUT2D eigenvalue weighted by Crippen LogP contribution is 2.40. The monoisotopic (exact) mass is 437 g/mol. The highest BCUT2D eigenvalue weighted by molar-refractivity contribution is 5.55. The fourth-order valence-electron chi connectivity index (χ4n) is 4.49. The van der Waals surface area contributed by atoms with Gasteiger partial charge >= 0.3 is 0 Å². The summed E-state index contributed by atoms with van der Waals surface area (Å²) in [5.74, 6) is 0.565. The van der Waals surface area contributed by atoms with Crippen LogP contribution in [0.15, 0.2) is 46.6 Å². The standard InChI is InChI=1S/C24H28N4O4/c1-16-14-20-22(24(29)28(16)9-3-8-27-10-12-31-13-11-27)21(19(15-25)23(26)32-20)17-4-6-18(30-2)7-5-17/h4-7,14,21H,3,8-13,26H2,1-2H3/p+1/t21-/m0/s1. The van der Waals surface area contributed by atoms with E-state index in [1.54, 1.807) is 11.7 Å². The van der Waals surface area contributed by atoms with Crippen molar-refractivity contribution in [2.24, 2.45) is 5.73 Å². The molecule has 3 N–H and O–H groups in total. The molecular weight excluding hydrogens is 408 g/mol. The smallest absolute Gasteiger partial charge is 0.258 e. The predicted molar refractivity (Wildman–Crippen MR) is 119 cm³/mol. The Morgan fingerprint density at radius 3 is 2.66 bits per heavy atom. The molecule has 2 aliphatic rings. The van der Waals surface area contributed by atoms with Crippen LogP contribution in [0.25, 0.3) is 0 Å². The summed E-state index contributed by atoms with van der Waals surface area (Å²) in [4.78, 5) is 15.2. The molecule has 1 aromatic heterocycles. The number of nitriles is 1. The number of pyridine rings is 1. The van der Waals surface area contributed by atoms with E-state index < -0.39 is 5.92 Å². The number of nitrogens with zero attached hydrogens (tertiary/aromatic N) is 2. The molecule has 3 heterocycles. The summed E-state index contributed by atoms with van der Waals surface area (Å²) in [7, 11) is 1.59. The largest absolute Gasteiger partial charge is 0.497 e. The van der Waals surface area contributed by atoms with Crippen LogP contribution >= 0.6 is 0 Å². The van der Waals surface area contributed by atoms with Gasteiger partial charge in [0.1, 0.15) is 36.2 Å². The predicted octanol–water partition coefficient (Wildman–Crippen LogP) is 0.689. The fraction of sp³-hybridized carbons (Fsp3) is 0.417. The van der Waals surface area contributed by atoms with Crippen LogP contribution in [0.1, 0.15) is 29.2 Å². The van der Waals surface area contributed by atoms with Gasteiger partial charge < -0.3 is 29.4 Å². The van der Waals surface area contributed by atoms with Gasteiger partial charge in [-0.2, -0.15) is 5.26 Å². The maximum atomic E-state index is 13.7. The van der Waals surface area contributed by atoms with Crippen molar-refractivity contribution >= 4 is 0 Å². The zero-order valence-corrected chi connectivity index (χ0v) is 18.5. The maximum Gasteiger partial charge on any atom is 0.258 e. The van der Waals surface area contributed by atoms with E-state index in [2.05, 4.69) is 6.07 Å². The van der Waals surface area contributed by atoms with Crippen molar-refractivity contribution in [2.75, 3.05) is 40.0 Å². The van der Waals surface area contributed by atoms with Gasteiger partial charge in [0, 0.05) is 24.7 Å². The Morgan fingerprint density at radius 2 is 2.00 bits per heavy atom. The van der Waals surface area contributed by atoms with Crippen molar-refractivity contribution < 1.29 is 19.1 Å². The molecule has 0 unspecified atom stereocenters. The quantitative estimate of drug-likeness (QED) is 0.689. The van der Waals surface area contributed by atoms with E-state index in [4.69, 9.17) is 19.9 Å². The Morgan fingerprint density at radius 1 is 1.28 bits per heavy atom. The third kappa shape index (κ3) is 4.22. The minimum atomic E-state index is -0.584. The Balaban J connectivity index is 1.69. The van der Waals surface area contributed by atoms with Gasteiger partial charge in [-0.1, -0.05) is 12.1 Å². The number of aryl methyl sites for hydroxylation is 1. The molecule has 0 spiro atoms. The molecule has 1 aromatic carbocycles. The normalized spacial score (nSPS) is 18.6. The lowest BCUT2D eigenvalue weighted by molar-refractivity contribution is -0.908. The molecule has 1 fully saturated rings. The Hall–Kier alpha value is -3.28. The zero-order chi connectivity index (χ0) is 22.7. The van der Waals surface area contributed by atoms with Crippen molar-refractivity contribution in [1.82, 2.24) is 4.57 Å². The van der Waals surface area contributed by atoms with Gasteiger partial charge in [0.2, 0.25) is 5.88 Å². The SMILES string of the molecule is COc1ccc([C@H]2C(C#N)=C(N)Oc3cc(C)n(CCC[NH+]4CCOCC4)c(=O)c32)cc1. The number of ether oxygens (including phenoxy) is 3. The number of nitrogens with one attached hydrogen (secondary N) is 1. The second kappa shape index (κ2) is 9.47. The summed E-state index contributed by atoms with van der Waals surface area (Å²) in [5, 5.41) is 9.81. The summed E-state index contributed by atoms with van der Waals surface area (Å²) < 4.78 is 18.2. The first kappa shape index (κ1) is 21.9. The first-order valence-electron chi connectivity index (χ1n) is 10.9. The van der Waals surface area contributed by atoms with Crippen LogP contribution in [0.2, 0.25) is 0 Å². The third-order valence-electron chi connectivity index (χ3n) is 6.25. The number of nitrogens with two attached hydrogens (primary N) is 1. The van der Waals surface area contributed by atoms with Crippen LogP contribution in [-0.4, -0.2) is 44.5 Å². The van der Waals surface area contributed by atoms with Gasteiger partial charge in [-0.3, -0.25) is 4.79 Å². The van der Waals surface area contributed by atoms with Crippen molar-refractivity contribution in [1.29, 1.82) is 5.26 Å². The minimum Gasteiger partial charge on any atom is -0.497 e. The average Bonchev–Trinajstić information content (AvgIpc) is 2.81. The van der Waals surface area contributed by atoms with E-state index in [0.29, 0.717) is 23.6 Å². The Bertz CT molecular complexity index is 1110. The van der Waals surface area contributed by atoms with Gasteiger partial charge in [0.15, 0.2) is 0 Å². The zero-order valence-electron chi connectivity index (χ0n) is 18.5. The molecule has 8 heteroatoms. The lowest BCUT2D eigenvalue weighted by Crippen LogP contribution is -3.14. The van der Waals surface area contributed by atoms with E-state index in [9.17, 15) is 10.1 Å². The molecule has 32 heavy (non-hydrogen) atoms. The van der Waals surface area contributed by atoms with Crippen LogP contribution < -0.4 is 25.7 Å². The number of allylic oxidation sites excluding steroid dienone is 1. The third-order valence-corrected chi connectivity index (χ3v) is 6.25. The molecule has 0 saturated carbocycles. The number of benzene rings is 1. The molecule has 0 amide bonds. The fourth-order valence-corrected chi connectivity index (χ4v) is 4.49. The van der Waals surface area contributed by atoms with Gasteiger partial charge in [-0.25, -0.2) is 0 Å². The van der Waals surface area contributed by atoms with Gasteiger partial charge in [0.25, 0.3) is 5.56 Å². The average molecular weight is 438 g/mol. The molecule has 0 bridgehead atoms. The van der Waals surface area contributed by atoms with Crippen LogP contribution in [0.4, 0.5) is 0 Å². The summed E-state index contributed by atoms with van der Waals surface area (Å²) in [6.45, 7) is 7.08. The molecular formula is C24H29N4O4+. The molecule has 0 radical (unpaired) electrons. The molecule has 4 rings (SSSR count). The van der Waals surface area contributed by atoms with Gasteiger partial charge in [-0.05, 0) is 24.6 Å². The van der Waals surface area contributed by atoms with Crippen molar-refractivity contribution in [2.45, 2.75) is 25.8 Å². The summed E-state index contributed by atoms with van der Waals surface area (Å²) in [5.41, 5.74) is 8.23. The van der Waals surface area contributed by atoms with Crippen LogP contribution in [-0.2, 0) is 11.3 Å². The molecule has 168 valence electrons. The summed E-state index contributed by atoms with van der Waals surface area (Å²) in [6.07, 6.45) is 0.881. The Kier molecular flexibility index (Phi) is 6.49. The van der Waals surface area contributed by atoms with E-state index >= 15 is 0 Å². The van der Waals surface area contributed by atoms with E-state index in [-0.39, 0.29) is 17.0 Å². The first-order valence-corrected chi connectivity index (χ1v) is 10.9.